The van der Waals surface area contributed by atoms with Crippen molar-refractivity contribution in [3.63, 3.8) is 0 Å². The van der Waals surface area contributed by atoms with E-state index in [1.807, 2.05) is 5.43 Å². The van der Waals surface area contributed by atoms with Crippen LogP contribution in [0.15, 0.2) is 47.8 Å². The first kappa shape index (κ1) is 16.8. The number of alkyl halides is 3. The van der Waals surface area contributed by atoms with E-state index in [4.69, 9.17) is 0 Å². The lowest BCUT2D eigenvalue weighted by Crippen LogP contribution is -2.41. The Morgan fingerprint density at radius 3 is 2.26 bits per heavy atom. The Morgan fingerprint density at radius 2 is 1.74 bits per heavy atom. The highest BCUT2D eigenvalue weighted by atomic mass is 32.2. The molecule has 0 spiro atoms. The molecule has 1 amide bonds. The Balaban J connectivity index is 2.09. The third-order valence-electron chi connectivity index (χ3n) is 2.59. The van der Waals surface area contributed by atoms with Gasteiger partial charge in [-0.2, -0.15) is 13.2 Å². The monoisotopic (exact) mass is 346 g/mol. The number of hydrogen-bond acceptors (Lipinski definition) is 5. The largest absolute Gasteiger partial charge is 0.416 e. The van der Waals surface area contributed by atoms with Gasteiger partial charge in [-0.25, -0.2) is 13.4 Å². The van der Waals surface area contributed by atoms with Gasteiger partial charge in [0.15, 0.2) is 0 Å². The normalized spacial score (nSPS) is 12.0. The highest BCUT2D eigenvalue weighted by Gasteiger charge is 2.30. The van der Waals surface area contributed by atoms with Gasteiger partial charge in [-0.1, -0.05) is 0 Å². The maximum absolute atomic E-state index is 12.4. The molecule has 1 aromatic heterocycles. The lowest BCUT2D eigenvalue weighted by molar-refractivity contribution is -0.137. The topological polar surface area (TPSA) is 101 Å². The highest BCUT2D eigenvalue weighted by Crippen LogP contribution is 2.29. The van der Waals surface area contributed by atoms with Crippen LogP contribution >= 0.6 is 0 Å². The molecule has 0 unspecified atom stereocenters. The summed E-state index contributed by atoms with van der Waals surface area (Å²) in [6, 6.07) is 2.80. The first-order valence-corrected chi connectivity index (χ1v) is 7.44. The number of halogens is 3. The number of carbonyl (C=O) groups excluding carboxylic acids is 1. The zero-order chi connectivity index (χ0) is 17.1. The first-order valence-electron chi connectivity index (χ1n) is 5.95. The molecule has 23 heavy (non-hydrogen) atoms. The lowest BCUT2D eigenvalue weighted by Gasteiger charge is -2.10. The molecule has 0 saturated carbocycles. The summed E-state index contributed by atoms with van der Waals surface area (Å²) in [6.45, 7) is 0. The fourth-order valence-corrected chi connectivity index (χ4v) is 2.32. The average Bonchev–Trinajstić information content (AvgIpc) is 2.53. The van der Waals surface area contributed by atoms with Gasteiger partial charge in [0.25, 0.3) is 15.9 Å². The van der Waals surface area contributed by atoms with Crippen LogP contribution in [-0.2, 0) is 16.2 Å². The van der Waals surface area contributed by atoms with Gasteiger partial charge in [-0.3, -0.25) is 15.2 Å². The second kappa shape index (κ2) is 6.30. The third-order valence-corrected chi connectivity index (χ3v) is 3.85. The van der Waals surface area contributed by atoms with Crippen molar-refractivity contribution in [1.29, 1.82) is 0 Å². The summed E-state index contributed by atoms with van der Waals surface area (Å²) in [4.78, 5) is 20.2. The van der Waals surface area contributed by atoms with Crippen molar-refractivity contribution in [1.82, 2.24) is 20.2 Å². The van der Waals surface area contributed by atoms with Gasteiger partial charge >= 0.3 is 6.18 Å². The smallest absolute Gasteiger partial charge is 0.272 e. The van der Waals surface area contributed by atoms with Crippen molar-refractivity contribution in [2.45, 2.75) is 11.1 Å². The summed E-state index contributed by atoms with van der Waals surface area (Å²) in [6.07, 6.45) is -0.903. The van der Waals surface area contributed by atoms with Crippen molar-refractivity contribution < 1.29 is 26.4 Å². The summed E-state index contributed by atoms with van der Waals surface area (Å²) in [5.41, 5.74) is 0.758. The summed E-state index contributed by atoms with van der Waals surface area (Å²) < 4.78 is 61.0. The molecule has 1 aromatic carbocycles. The van der Waals surface area contributed by atoms with Crippen LogP contribution in [0.5, 0.6) is 0 Å². The molecule has 11 heteroatoms. The summed E-state index contributed by atoms with van der Waals surface area (Å²) in [5.74, 6) is -0.867. The predicted octanol–water partition coefficient (Wildman–Crippen LogP) is 1.12. The van der Waals surface area contributed by atoms with Crippen LogP contribution in [-0.4, -0.2) is 24.3 Å². The molecule has 122 valence electrons. The maximum atomic E-state index is 12.4. The van der Waals surface area contributed by atoms with E-state index in [1.165, 1.54) is 12.4 Å². The van der Waals surface area contributed by atoms with E-state index in [2.05, 4.69) is 9.97 Å². The van der Waals surface area contributed by atoms with E-state index >= 15 is 0 Å². The number of sulfonamides is 1. The number of benzene rings is 1. The molecule has 0 aliphatic heterocycles. The van der Waals surface area contributed by atoms with Crippen LogP contribution in [0.1, 0.15) is 16.1 Å². The van der Waals surface area contributed by atoms with Gasteiger partial charge < -0.3 is 0 Å². The minimum absolute atomic E-state index is 0.136. The molecule has 0 fully saturated rings. The predicted molar refractivity (Wildman–Crippen MR) is 71.3 cm³/mol. The Labute approximate surface area is 128 Å². The number of aromatic nitrogens is 2. The van der Waals surface area contributed by atoms with Crippen molar-refractivity contribution in [3.8, 4) is 0 Å². The Hall–Kier alpha value is -2.53. The number of carbonyl (C=O) groups is 1. The van der Waals surface area contributed by atoms with Gasteiger partial charge in [0, 0.05) is 12.4 Å². The van der Waals surface area contributed by atoms with Crippen molar-refractivity contribution >= 4 is 15.9 Å². The van der Waals surface area contributed by atoms with Crippen molar-refractivity contribution in [2.24, 2.45) is 0 Å². The molecule has 0 atom stereocenters. The summed E-state index contributed by atoms with van der Waals surface area (Å²) in [5, 5.41) is 0. The van der Waals surface area contributed by atoms with Crippen molar-refractivity contribution in [2.75, 3.05) is 0 Å². The van der Waals surface area contributed by atoms with Crippen LogP contribution in [0.3, 0.4) is 0 Å². The zero-order valence-corrected chi connectivity index (χ0v) is 12.0. The van der Waals surface area contributed by atoms with Crippen LogP contribution in [0.2, 0.25) is 0 Å². The third kappa shape index (κ3) is 4.23. The molecule has 2 rings (SSSR count). The molecule has 7 nitrogen and oxygen atoms in total. The number of nitrogens with one attached hydrogen (secondary N) is 2. The molecule has 0 aliphatic carbocycles. The fourth-order valence-electron chi connectivity index (χ4n) is 1.48. The molecule has 2 N–H and O–H groups in total. The fraction of sp³-hybridized carbons (Fsp3) is 0.0833. The zero-order valence-electron chi connectivity index (χ0n) is 11.2. The number of nitrogens with zero attached hydrogens (tertiary/aromatic N) is 2. The van der Waals surface area contributed by atoms with Gasteiger partial charge in [-0.15, -0.1) is 4.83 Å². The molecule has 0 radical (unpaired) electrons. The molecule has 2 aromatic rings. The van der Waals surface area contributed by atoms with E-state index in [0.29, 0.717) is 12.1 Å². The van der Waals surface area contributed by atoms with E-state index in [1.54, 1.807) is 4.83 Å². The lowest BCUT2D eigenvalue weighted by atomic mass is 10.2. The van der Waals surface area contributed by atoms with E-state index in [0.717, 1.165) is 18.3 Å². The minimum atomic E-state index is -4.57. The van der Waals surface area contributed by atoms with Crippen LogP contribution < -0.4 is 10.3 Å². The van der Waals surface area contributed by atoms with Gasteiger partial charge in [0.05, 0.1) is 16.7 Å². The minimum Gasteiger partial charge on any atom is -0.272 e. The van der Waals surface area contributed by atoms with Crippen molar-refractivity contribution in [3.05, 3.63) is 54.1 Å². The number of rotatable bonds is 4. The van der Waals surface area contributed by atoms with E-state index in [-0.39, 0.29) is 5.69 Å². The molecule has 0 aliphatic rings. The quantitative estimate of drug-likeness (QED) is 0.808. The standard InChI is InChI=1S/C12H9F3N4O3S/c13-12(14,15)8-1-3-9(4-2-8)23(21,22)19-18-11(20)10-7-16-5-6-17-10/h1-7,19H,(H,18,20). The number of amides is 1. The second-order valence-corrected chi connectivity index (χ2v) is 5.85. The van der Waals surface area contributed by atoms with Gasteiger partial charge in [0.2, 0.25) is 0 Å². The van der Waals surface area contributed by atoms with Crippen LogP contribution in [0, 0.1) is 0 Å². The molecule has 1 heterocycles. The van der Waals surface area contributed by atoms with Gasteiger partial charge in [-0.05, 0) is 24.3 Å². The maximum Gasteiger partial charge on any atom is 0.416 e. The average molecular weight is 346 g/mol. The van der Waals surface area contributed by atoms with Gasteiger partial charge in [0.1, 0.15) is 5.69 Å². The Bertz CT molecular complexity index is 793. The molecule has 0 saturated heterocycles. The molecular formula is C12H9F3N4O3S. The highest BCUT2D eigenvalue weighted by molar-refractivity contribution is 7.89. The van der Waals surface area contributed by atoms with Crippen LogP contribution in [0.25, 0.3) is 0 Å². The Morgan fingerprint density at radius 1 is 1.09 bits per heavy atom. The number of hydrogen-bond donors (Lipinski definition) is 2. The summed E-state index contributed by atoms with van der Waals surface area (Å²) >= 11 is 0. The SMILES string of the molecule is O=C(NNS(=O)(=O)c1ccc(C(F)(F)F)cc1)c1cnccn1. The van der Waals surface area contributed by atoms with Crippen LogP contribution in [0.4, 0.5) is 13.2 Å². The van der Waals surface area contributed by atoms with E-state index < -0.39 is 32.6 Å². The Kier molecular flexibility index (Phi) is 4.61. The van der Waals surface area contributed by atoms with E-state index in [9.17, 15) is 26.4 Å². The molecular weight excluding hydrogens is 337 g/mol. The summed E-state index contributed by atoms with van der Waals surface area (Å²) in [7, 11) is -4.22. The second-order valence-electron chi connectivity index (χ2n) is 4.17. The number of hydrazine groups is 1. The molecule has 0 bridgehead atoms. The first-order chi connectivity index (χ1) is 10.7.